The van der Waals surface area contributed by atoms with Crippen LogP contribution in [-0.2, 0) is 4.79 Å². The van der Waals surface area contributed by atoms with E-state index >= 15 is 0 Å². The molecule has 0 aliphatic rings. The molecule has 0 saturated carbocycles. The third kappa shape index (κ3) is 3.05. The summed E-state index contributed by atoms with van der Waals surface area (Å²) in [6, 6.07) is 0. The van der Waals surface area contributed by atoms with Gasteiger partial charge in [0.05, 0.1) is 5.57 Å². The molecule has 0 rings (SSSR count). The number of rotatable bonds is 3. The highest BCUT2D eigenvalue weighted by Gasteiger charge is 2.07. The summed E-state index contributed by atoms with van der Waals surface area (Å²) >= 11 is 5.52. The van der Waals surface area contributed by atoms with Crippen LogP contribution in [0.25, 0.3) is 0 Å². The number of allylic oxidation sites excluding steroid dienone is 2. The van der Waals surface area contributed by atoms with E-state index in [4.69, 9.17) is 11.6 Å². The Labute approximate surface area is 71.2 Å². The van der Waals surface area contributed by atoms with Crippen LogP contribution in [0.1, 0.15) is 0 Å². The fourth-order valence-electron chi connectivity index (χ4n) is 0.542. The van der Waals surface area contributed by atoms with Gasteiger partial charge in [0.1, 0.15) is 0 Å². The van der Waals surface area contributed by atoms with E-state index in [1.165, 1.54) is 19.2 Å². The third-order valence-electron chi connectivity index (χ3n) is 1.05. The molecule has 0 bridgehead atoms. The number of amides is 1. The maximum absolute atomic E-state index is 11.0. The van der Waals surface area contributed by atoms with Gasteiger partial charge in [-0.05, 0) is 6.08 Å². The number of carbonyl (C=O) groups excluding carboxylic acids is 1. The Morgan fingerprint density at radius 1 is 1.64 bits per heavy atom. The van der Waals surface area contributed by atoms with Crippen molar-refractivity contribution in [3.63, 3.8) is 0 Å². The Morgan fingerprint density at radius 3 is 2.45 bits per heavy atom. The SMILES string of the molecule is C=C/C=C(\C(=C)Cl)C(=O)NC. The number of carbonyl (C=O) groups is 1. The molecule has 0 fully saturated rings. The van der Waals surface area contributed by atoms with Crippen molar-refractivity contribution in [2.24, 2.45) is 0 Å². The average Bonchev–Trinajstić information content (AvgIpc) is 1.98. The Hall–Kier alpha value is -1.02. The molecule has 0 aromatic rings. The molecule has 3 heteroatoms. The standard InChI is InChI=1S/C8H10ClNO/c1-4-5-7(6(2)9)8(11)10-3/h4-5H,1-2H2,3H3,(H,10,11)/b7-5+. The molecule has 0 spiro atoms. The van der Waals surface area contributed by atoms with Gasteiger partial charge in [-0.2, -0.15) is 0 Å². The van der Waals surface area contributed by atoms with Crippen molar-refractivity contribution < 1.29 is 4.79 Å². The quantitative estimate of drug-likeness (QED) is 0.507. The van der Waals surface area contributed by atoms with E-state index in [0.29, 0.717) is 5.57 Å². The number of hydrogen-bond acceptors (Lipinski definition) is 1. The average molecular weight is 172 g/mol. The fourth-order valence-corrected chi connectivity index (χ4v) is 0.691. The first kappa shape index (κ1) is 9.98. The summed E-state index contributed by atoms with van der Waals surface area (Å²) in [6.07, 6.45) is 2.99. The van der Waals surface area contributed by atoms with Crippen LogP contribution in [0.2, 0.25) is 0 Å². The predicted octanol–water partition coefficient (Wildman–Crippen LogP) is 1.60. The molecule has 0 aliphatic heterocycles. The number of hydrogen-bond donors (Lipinski definition) is 1. The second-order valence-corrected chi connectivity index (χ2v) is 2.26. The van der Waals surface area contributed by atoms with E-state index in [1.807, 2.05) is 0 Å². The number of nitrogens with one attached hydrogen (secondary N) is 1. The molecule has 0 unspecified atom stereocenters. The molecule has 11 heavy (non-hydrogen) atoms. The summed E-state index contributed by atoms with van der Waals surface area (Å²) < 4.78 is 0. The van der Waals surface area contributed by atoms with Crippen LogP contribution in [0.15, 0.2) is 35.9 Å². The van der Waals surface area contributed by atoms with Crippen LogP contribution in [0, 0.1) is 0 Å². The Balaban J connectivity index is 4.61. The van der Waals surface area contributed by atoms with Crippen LogP contribution in [0.4, 0.5) is 0 Å². The molecule has 0 aromatic heterocycles. The molecule has 60 valence electrons. The molecule has 1 amide bonds. The minimum atomic E-state index is -0.259. The van der Waals surface area contributed by atoms with E-state index in [2.05, 4.69) is 18.5 Å². The first-order valence-corrected chi connectivity index (χ1v) is 3.40. The van der Waals surface area contributed by atoms with Gasteiger partial charge in [0.15, 0.2) is 0 Å². The highest BCUT2D eigenvalue weighted by atomic mass is 35.5. The zero-order valence-corrected chi connectivity index (χ0v) is 7.11. The van der Waals surface area contributed by atoms with Gasteiger partial charge >= 0.3 is 0 Å². The van der Waals surface area contributed by atoms with E-state index in [-0.39, 0.29) is 10.9 Å². The summed E-state index contributed by atoms with van der Waals surface area (Å²) in [5, 5.41) is 2.64. The van der Waals surface area contributed by atoms with Crippen molar-refractivity contribution in [3.8, 4) is 0 Å². The Bertz CT molecular complexity index is 218. The van der Waals surface area contributed by atoms with Crippen molar-refractivity contribution in [1.29, 1.82) is 0 Å². The third-order valence-corrected chi connectivity index (χ3v) is 1.25. The summed E-state index contributed by atoms with van der Waals surface area (Å²) in [7, 11) is 1.53. The van der Waals surface area contributed by atoms with Gasteiger partial charge in [-0.1, -0.05) is 30.8 Å². The van der Waals surface area contributed by atoms with E-state index in [1.54, 1.807) is 0 Å². The van der Waals surface area contributed by atoms with E-state index < -0.39 is 0 Å². The molecule has 2 nitrogen and oxygen atoms in total. The zero-order valence-electron chi connectivity index (χ0n) is 6.36. The van der Waals surface area contributed by atoms with Crippen molar-refractivity contribution >= 4 is 17.5 Å². The topological polar surface area (TPSA) is 29.1 Å². The summed E-state index contributed by atoms with van der Waals surface area (Å²) in [5.74, 6) is -0.259. The van der Waals surface area contributed by atoms with Crippen molar-refractivity contribution in [1.82, 2.24) is 5.32 Å². The normalized spacial score (nSPS) is 10.5. The van der Waals surface area contributed by atoms with Crippen molar-refractivity contribution in [3.05, 3.63) is 35.9 Å². The molecule has 0 aromatic carbocycles. The fraction of sp³-hybridized carbons (Fsp3) is 0.125. The van der Waals surface area contributed by atoms with Gasteiger partial charge < -0.3 is 5.32 Å². The van der Waals surface area contributed by atoms with Crippen molar-refractivity contribution in [2.45, 2.75) is 0 Å². The van der Waals surface area contributed by atoms with Gasteiger partial charge in [-0.3, -0.25) is 4.79 Å². The van der Waals surface area contributed by atoms with Crippen LogP contribution >= 0.6 is 11.6 Å². The minimum Gasteiger partial charge on any atom is -0.355 e. The lowest BCUT2D eigenvalue weighted by Crippen LogP contribution is -2.19. The summed E-state index contributed by atoms with van der Waals surface area (Å²) in [4.78, 5) is 11.0. The molecule has 0 atom stereocenters. The second kappa shape index (κ2) is 4.74. The summed E-state index contributed by atoms with van der Waals surface area (Å²) in [6.45, 7) is 6.88. The van der Waals surface area contributed by atoms with E-state index in [0.717, 1.165) is 0 Å². The lowest BCUT2D eigenvalue weighted by Gasteiger charge is -2.00. The molecule has 0 radical (unpaired) electrons. The first-order valence-electron chi connectivity index (χ1n) is 3.03. The maximum Gasteiger partial charge on any atom is 0.252 e. The number of likely N-dealkylation sites (N-methyl/N-ethyl adjacent to an activating group) is 1. The van der Waals surface area contributed by atoms with Gasteiger partial charge in [-0.15, -0.1) is 0 Å². The molecular formula is C8H10ClNO. The van der Waals surface area contributed by atoms with Gasteiger partial charge in [0, 0.05) is 12.1 Å². The lowest BCUT2D eigenvalue weighted by atomic mass is 10.2. The van der Waals surface area contributed by atoms with Crippen LogP contribution in [0.5, 0.6) is 0 Å². The highest BCUT2D eigenvalue weighted by Crippen LogP contribution is 2.11. The monoisotopic (exact) mass is 171 g/mol. The minimum absolute atomic E-state index is 0.212. The smallest absolute Gasteiger partial charge is 0.252 e. The van der Waals surface area contributed by atoms with Crippen LogP contribution in [0.3, 0.4) is 0 Å². The molecular weight excluding hydrogens is 162 g/mol. The molecule has 1 N–H and O–H groups in total. The molecule has 0 saturated heterocycles. The zero-order chi connectivity index (χ0) is 8.85. The van der Waals surface area contributed by atoms with Crippen molar-refractivity contribution in [2.75, 3.05) is 7.05 Å². The van der Waals surface area contributed by atoms with Crippen LogP contribution < -0.4 is 5.32 Å². The second-order valence-electron chi connectivity index (χ2n) is 1.80. The van der Waals surface area contributed by atoms with E-state index in [9.17, 15) is 4.79 Å². The Morgan fingerprint density at radius 2 is 2.18 bits per heavy atom. The van der Waals surface area contributed by atoms with Gasteiger partial charge in [0.2, 0.25) is 0 Å². The largest absolute Gasteiger partial charge is 0.355 e. The highest BCUT2D eigenvalue weighted by molar-refractivity contribution is 6.35. The van der Waals surface area contributed by atoms with Gasteiger partial charge in [-0.25, -0.2) is 0 Å². The molecule has 0 aliphatic carbocycles. The van der Waals surface area contributed by atoms with Gasteiger partial charge in [0.25, 0.3) is 5.91 Å². The maximum atomic E-state index is 11.0. The summed E-state index contributed by atoms with van der Waals surface area (Å²) in [5.41, 5.74) is 0.337. The number of halogens is 1. The van der Waals surface area contributed by atoms with Crippen LogP contribution in [-0.4, -0.2) is 13.0 Å². The Kier molecular flexibility index (Phi) is 4.30. The molecule has 0 heterocycles. The first-order chi connectivity index (χ1) is 5.13. The predicted molar refractivity (Wildman–Crippen MR) is 47.3 cm³/mol. The lowest BCUT2D eigenvalue weighted by molar-refractivity contribution is -0.116.